The zero-order valence-electron chi connectivity index (χ0n) is 11.2. The van der Waals surface area contributed by atoms with Crippen LogP contribution in [0.3, 0.4) is 0 Å². The maximum atomic E-state index is 9.20. The number of aromatic nitrogens is 1. The quantitative estimate of drug-likeness (QED) is 0.722. The lowest BCUT2D eigenvalue weighted by Gasteiger charge is -1.98. The van der Waals surface area contributed by atoms with E-state index in [0.29, 0.717) is 6.54 Å². The summed E-state index contributed by atoms with van der Waals surface area (Å²) in [6.07, 6.45) is 3.07. The number of aromatic hydroxyl groups is 1. The molecule has 5 heteroatoms. The normalized spacial score (nSPS) is 11.0. The van der Waals surface area contributed by atoms with E-state index in [4.69, 9.17) is 4.42 Å². The van der Waals surface area contributed by atoms with Gasteiger partial charge in [0.05, 0.1) is 18.4 Å². The van der Waals surface area contributed by atoms with Crippen LogP contribution in [0.5, 0.6) is 5.75 Å². The zero-order chi connectivity index (χ0) is 14.5. The number of rotatable bonds is 4. The Balaban J connectivity index is 1.65. The van der Waals surface area contributed by atoms with Gasteiger partial charge in [-0.25, -0.2) is 4.98 Å². The van der Waals surface area contributed by atoms with Crippen LogP contribution in [-0.4, -0.2) is 10.1 Å². The SMILES string of the molecule is Oc1ccc(CN=Nc2ccc(-c3cnco3)cc2)cc1. The predicted molar refractivity (Wildman–Crippen MR) is 78.3 cm³/mol. The average Bonchev–Trinajstić information content (AvgIpc) is 3.04. The van der Waals surface area contributed by atoms with E-state index in [0.717, 1.165) is 22.6 Å². The molecule has 5 nitrogen and oxygen atoms in total. The first-order valence-electron chi connectivity index (χ1n) is 6.45. The molecule has 0 radical (unpaired) electrons. The van der Waals surface area contributed by atoms with E-state index < -0.39 is 0 Å². The minimum absolute atomic E-state index is 0.249. The maximum absolute atomic E-state index is 9.20. The standard InChI is InChI=1S/C16H13N3O2/c20-15-7-1-12(2-8-15)9-18-19-14-5-3-13(4-6-14)16-10-17-11-21-16/h1-8,10-11,20H,9H2. The fourth-order valence-corrected chi connectivity index (χ4v) is 1.85. The van der Waals surface area contributed by atoms with Gasteiger partial charge in [-0.3, -0.25) is 0 Å². The highest BCUT2D eigenvalue weighted by Gasteiger charge is 2.00. The summed E-state index contributed by atoms with van der Waals surface area (Å²) in [4.78, 5) is 3.88. The second kappa shape index (κ2) is 6.00. The second-order valence-corrected chi connectivity index (χ2v) is 4.48. The van der Waals surface area contributed by atoms with Crippen LogP contribution in [0.2, 0.25) is 0 Å². The van der Waals surface area contributed by atoms with Crippen LogP contribution in [0.25, 0.3) is 11.3 Å². The highest BCUT2D eigenvalue weighted by molar-refractivity contribution is 5.59. The number of hydrogen-bond acceptors (Lipinski definition) is 5. The highest BCUT2D eigenvalue weighted by atomic mass is 16.3. The molecule has 0 aliphatic heterocycles. The van der Waals surface area contributed by atoms with Crippen molar-refractivity contribution in [2.75, 3.05) is 0 Å². The minimum atomic E-state index is 0.249. The van der Waals surface area contributed by atoms with Crippen LogP contribution in [-0.2, 0) is 6.54 Å². The topological polar surface area (TPSA) is 71.0 Å². The molecule has 0 aliphatic carbocycles. The van der Waals surface area contributed by atoms with Gasteiger partial charge in [0.1, 0.15) is 5.75 Å². The van der Waals surface area contributed by atoms with Crippen molar-refractivity contribution in [2.24, 2.45) is 10.2 Å². The van der Waals surface area contributed by atoms with E-state index >= 15 is 0 Å². The molecule has 0 saturated heterocycles. The predicted octanol–water partition coefficient (Wildman–Crippen LogP) is 4.33. The molecule has 1 aromatic heterocycles. The Kier molecular flexibility index (Phi) is 3.73. The molecule has 3 aromatic rings. The van der Waals surface area contributed by atoms with Gasteiger partial charge in [-0.1, -0.05) is 12.1 Å². The largest absolute Gasteiger partial charge is 0.508 e. The molecule has 0 bridgehead atoms. The number of nitrogens with zero attached hydrogens (tertiary/aromatic N) is 3. The Bertz CT molecular complexity index is 717. The first kappa shape index (κ1) is 13.1. The van der Waals surface area contributed by atoms with Crippen LogP contribution in [0.4, 0.5) is 5.69 Å². The van der Waals surface area contributed by atoms with Crippen molar-refractivity contribution >= 4 is 5.69 Å². The third kappa shape index (κ3) is 3.33. The third-order valence-electron chi connectivity index (χ3n) is 2.96. The number of benzene rings is 2. The lowest BCUT2D eigenvalue weighted by Crippen LogP contribution is -1.78. The van der Waals surface area contributed by atoms with Gasteiger partial charge < -0.3 is 9.52 Å². The van der Waals surface area contributed by atoms with Crippen molar-refractivity contribution in [1.29, 1.82) is 0 Å². The Morgan fingerprint density at radius 2 is 1.76 bits per heavy atom. The zero-order valence-corrected chi connectivity index (χ0v) is 11.2. The number of oxazole rings is 1. The molecule has 3 rings (SSSR count). The molecule has 104 valence electrons. The second-order valence-electron chi connectivity index (χ2n) is 4.48. The Labute approximate surface area is 121 Å². The van der Waals surface area contributed by atoms with Crippen molar-refractivity contribution in [2.45, 2.75) is 6.54 Å². The van der Waals surface area contributed by atoms with E-state index in [2.05, 4.69) is 15.2 Å². The van der Waals surface area contributed by atoms with E-state index in [1.807, 2.05) is 36.4 Å². The van der Waals surface area contributed by atoms with Crippen molar-refractivity contribution in [3.8, 4) is 17.1 Å². The Morgan fingerprint density at radius 3 is 2.43 bits per heavy atom. The summed E-state index contributed by atoms with van der Waals surface area (Å²) >= 11 is 0. The molecule has 0 fully saturated rings. The average molecular weight is 279 g/mol. The van der Waals surface area contributed by atoms with Crippen LogP contribution in [0.1, 0.15) is 5.56 Å². The summed E-state index contributed by atoms with van der Waals surface area (Å²) < 4.78 is 5.22. The van der Waals surface area contributed by atoms with E-state index in [-0.39, 0.29) is 5.75 Å². The smallest absolute Gasteiger partial charge is 0.181 e. The fourth-order valence-electron chi connectivity index (χ4n) is 1.85. The molecule has 1 heterocycles. The van der Waals surface area contributed by atoms with Crippen molar-refractivity contribution < 1.29 is 9.52 Å². The monoisotopic (exact) mass is 279 g/mol. The molecular formula is C16H13N3O2. The highest BCUT2D eigenvalue weighted by Crippen LogP contribution is 2.22. The van der Waals surface area contributed by atoms with Gasteiger partial charge in [-0.2, -0.15) is 10.2 Å². The van der Waals surface area contributed by atoms with Gasteiger partial charge in [0, 0.05) is 5.56 Å². The Hall–Kier alpha value is -2.95. The molecule has 1 N–H and O–H groups in total. The lowest BCUT2D eigenvalue weighted by molar-refractivity contribution is 0.475. The summed E-state index contributed by atoms with van der Waals surface area (Å²) in [6.45, 7) is 0.476. The minimum Gasteiger partial charge on any atom is -0.508 e. The first-order valence-corrected chi connectivity index (χ1v) is 6.45. The van der Waals surface area contributed by atoms with Gasteiger partial charge in [-0.05, 0) is 42.0 Å². The van der Waals surface area contributed by atoms with E-state index in [1.54, 1.807) is 18.3 Å². The van der Waals surface area contributed by atoms with Crippen molar-refractivity contribution in [3.05, 3.63) is 66.7 Å². The fraction of sp³-hybridized carbons (Fsp3) is 0.0625. The first-order chi connectivity index (χ1) is 10.3. The van der Waals surface area contributed by atoms with Gasteiger partial charge in [-0.15, -0.1) is 0 Å². The van der Waals surface area contributed by atoms with Crippen LogP contribution in [0, 0.1) is 0 Å². The van der Waals surface area contributed by atoms with Gasteiger partial charge in [0.2, 0.25) is 0 Å². The number of phenols is 1. The molecule has 21 heavy (non-hydrogen) atoms. The summed E-state index contributed by atoms with van der Waals surface area (Å²) in [5.74, 6) is 0.973. The Morgan fingerprint density at radius 1 is 1.00 bits per heavy atom. The summed E-state index contributed by atoms with van der Waals surface area (Å²) in [5.41, 5.74) is 2.72. The van der Waals surface area contributed by atoms with E-state index in [1.165, 1.54) is 6.39 Å². The molecule has 0 saturated carbocycles. The van der Waals surface area contributed by atoms with Gasteiger partial charge in [0.25, 0.3) is 0 Å². The molecule has 0 atom stereocenters. The van der Waals surface area contributed by atoms with Crippen molar-refractivity contribution in [1.82, 2.24) is 4.98 Å². The summed E-state index contributed by atoms with van der Waals surface area (Å²) in [7, 11) is 0. The van der Waals surface area contributed by atoms with Crippen molar-refractivity contribution in [3.63, 3.8) is 0 Å². The van der Waals surface area contributed by atoms with Crippen LogP contribution in [0.15, 0.2) is 75.8 Å². The molecule has 0 spiro atoms. The molecule has 0 unspecified atom stereocenters. The number of hydrogen-bond donors (Lipinski definition) is 1. The maximum Gasteiger partial charge on any atom is 0.181 e. The van der Waals surface area contributed by atoms with Crippen LogP contribution < -0.4 is 0 Å². The lowest BCUT2D eigenvalue weighted by atomic mass is 10.2. The number of azo groups is 1. The summed E-state index contributed by atoms with van der Waals surface area (Å²) in [5, 5.41) is 17.5. The van der Waals surface area contributed by atoms with E-state index in [9.17, 15) is 5.11 Å². The third-order valence-corrected chi connectivity index (χ3v) is 2.96. The molecule has 0 amide bonds. The molecule has 0 aliphatic rings. The van der Waals surface area contributed by atoms with Gasteiger partial charge >= 0.3 is 0 Å². The molecular weight excluding hydrogens is 266 g/mol. The van der Waals surface area contributed by atoms with Gasteiger partial charge in [0.15, 0.2) is 12.2 Å². The summed E-state index contributed by atoms with van der Waals surface area (Å²) in [6, 6.07) is 14.5. The molecule has 2 aromatic carbocycles. The number of phenolic OH excluding ortho intramolecular Hbond substituents is 1. The van der Waals surface area contributed by atoms with Crippen LogP contribution >= 0.6 is 0 Å².